The predicted octanol–water partition coefficient (Wildman–Crippen LogP) is 2.35. The maximum Gasteiger partial charge on any atom is 0.333 e. The third kappa shape index (κ3) is 3.25. The van der Waals surface area contributed by atoms with Gasteiger partial charge in [0.25, 0.3) is 5.56 Å². The normalized spacial score (nSPS) is 10.9. The molecule has 144 valence electrons. The summed E-state index contributed by atoms with van der Waals surface area (Å²) >= 11 is 0. The van der Waals surface area contributed by atoms with Crippen LogP contribution < -0.4 is 11.2 Å². The molecule has 2 heterocycles. The largest absolute Gasteiger partial charge is 0.333 e. The van der Waals surface area contributed by atoms with Crippen molar-refractivity contribution in [2.75, 3.05) is 0 Å². The molecule has 0 atom stereocenters. The van der Waals surface area contributed by atoms with E-state index in [-0.39, 0.29) is 6.54 Å². The molecule has 0 spiro atoms. The van der Waals surface area contributed by atoms with Crippen molar-refractivity contribution in [3.8, 4) is 6.07 Å². The number of fused-ring (bicyclic) bond motifs is 1. The summed E-state index contributed by atoms with van der Waals surface area (Å²) in [5.41, 5.74) is 1.92. The van der Waals surface area contributed by atoms with Gasteiger partial charge in [0.15, 0.2) is 11.2 Å². The molecule has 0 radical (unpaired) electrons. The van der Waals surface area contributed by atoms with Crippen LogP contribution in [0, 0.1) is 11.3 Å². The van der Waals surface area contributed by atoms with Gasteiger partial charge in [-0.3, -0.25) is 13.9 Å². The third-order valence-electron chi connectivity index (χ3n) is 4.97. The molecule has 4 rings (SSSR count). The lowest BCUT2D eigenvalue weighted by Crippen LogP contribution is -2.41. The number of aryl methyl sites for hydroxylation is 1. The molecule has 29 heavy (non-hydrogen) atoms. The summed E-state index contributed by atoms with van der Waals surface area (Å²) < 4.78 is 4.45. The predicted molar refractivity (Wildman–Crippen MR) is 110 cm³/mol. The van der Waals surface area contributed by atoms with E-state index < -0.39 is 11.2 Å². The monoisotopic (exact) mass is 385 g/mol. The van der Waals surface area contributed by atoms with Crippen molar-refractivity contribution in [1.82, 2.24) is 18.7 Å². The number of imidazole rings is 1. The van der Waals surface area contributed by atoms with Gasteiger partial charge in [-0.15, -0.1) is 0 Å². The summed E-state index contributed by atoms with van der Waals surface area (Å²) in [4.78, 5) is 30.9. The number of hydrogen-bond donors (Lipinski definition) is 0. The summed E-state index contributed by atoms with van der Waals surface area (Å²) in [6.45, 7) is 2.81. The van der Waals surface area contributed by atoms with E-state index in [1.807, 2.05) is 37.3 Å². The molecule has 0 aliphatic heterocycles. The summed E-state index contributed by atoms with van der Waals surface area (Å²) in [5.74, 6) is 0. The highest BCUT2D eigenvalue weighted by molar-refractivity contribution is 5.70. The smallest absolute Gasteiger partial charge is 0.325 e. The molecule has 0 saturated heterocycles. The molecule has 4 aromatic rings. The van der Waals surface area contributed by atoms with E-state index in [2.05, 4.69) is 11.1 Å². The Kier molecular flexibility index (Phi) is 4.83. The highest BCUT2D eigenvalue weighted by atomic mass is 16.2. The lowest BCUT2D eigenvalue weighted by molar-refractivity contribution is 0.627. The van der Waals surface area contributed by atoms with E-state index in [1.165, 1.54) is 9.13 Å². The minimum absolute atomic E-state index is 0.0288. The van der Waals surface area contributed by atoms with Crippen LogP contribution >= 0.6 is 0 Å². The SMILES string of the molecule is CCn1cnc2c1c(=O)n(Cc1ccccc1C#N)c(=O)n2Cc1ccccc1. The minimum atomic E-state index is -0.444. The number of nitrogens with zero attached hydrogens (tertiary/aromatic N) is 5. The van der Waals surface area contributed by atoms with Crippen LogP contribution in [-0.4, -0.2) is 18.7 Å². The van der Waals surface area contributed by atoms with Crippen LogP contribution in [0.15, 0.2) is 70.5 Å². The van der Waals surface area contributed by atoms with Crippen molar-refractivity contribution in [2.24, 2.45) is 0 Å². The first kappa shape index (κ1) is 18.4. The number of benzene rings is 2. The molecule has 0 unspecified atom stereocenters. The van der Waals surface area contributed by atoms with Crippen LogP contribution in [0.3, 0.4) is 0 Å². The Morgan fingerprint density at radius 3 is 2.41 bits per heavy atom. The fourth-order valence-electron chi connectivity index (χ4n) is 3.46. The van der Waals surface area contributed by atoms with E-state index >= 15 is 0 Å². The molecule has 0 saturated carbocycles. The maximum atomic E-state index is 13.3. The molecular weight excluding hydrogens is 366 g/mol. The van der Waals surface area contributed by atoms with Gasteiger partial charge in [0.1, 0.15) is 0 Å². The van der Waals surface area contributed by atoms with Crippen LogP contribution in [-0.2, 0) is 19.6 Å². The van der Waals surface area contributed by atoms with Gasteiger partial charge in [0.05, 0.1) is 31.0 Å². The number of hydrogen-bond acceptors (Lipinski definition) is 4. The van der Waals surface area contributed by atoms with Gasteiger partial charge < -0.3 is 4.57 Å². The second-order valence-corrected chi connectivity index (χ2v) is 6.72. The van der Waals surface area contributed by atoms with E-state index in [9.17, 15) is 14.9 Å². The minimum Gasteiger partial charge on any atom is -0.325 e. The van der Waals surface area contributed by atoms with Crippen molar-refractivity contribution in [3.63, 3.8) is 0 Å². The summed E-state index contributed by atoms with van der Waals surface area (Å²) in [6.07, 6.45) is 1.58. The van der Waals surface area contributed by atoms with E-state index in [0.717, 1.165) is 5.56 Å². The van der Waals surface area contributed by atoms with Crippen LogP contribution in [0.25, 0.3) is 11.2 Å². The van der Waals surface area contributed by atoms with Gasteiger partial charge in [0, 0.05) is 6.54 Å². The van der Waals surface area contributed by atoms with Crippen LogP contribution in [0.4, 0.5) is 0 Å². The van der Waals surface area contributed by atoms with Crippen LogP contribution in [0.5, 0.6) is 0 Å². The average Bonchev–Trinajstić information content (AvgIpc) is 3.19. The van der Waals surface area contributed by atoms with Crippen molar-refractivity contribution < 1.29 is 0 Å². The zero-order chi connectivity index (χ0) is 20.4. The van der Waals surface area contributed by atoms with Gasteiger partial charge in [0.2, 0.25) is 0 Å². The van der Waals surface area contributed by atoms with E-state index in [1.54, 1.807) is 35.2 Å². The molecule has 0 aliphatic rings. The quantitative estimate of drug-likeness (QED) is 0.528. The lowest BCUT2D eigenvalue weighted by atomic mass is 10.1. The van der Waals surface area contributed by atoms with Gasteiger partial charge in [-0.1, -0.05) is 48.5 Å². The second-order valence-electron chi connectivity index (χ2n) is 6.72. The Morgan fingerprint density at radius 2 is 1.69 bits per heavy atom. The van der Waals surface area contributed by atoms with Crippen molar-refractivity contribution >= 4 is 11.2 Å². The molecule has 7 heteroatoms. The third-order valence-corrected chi connectivity index (χ3v) is 4.97. The van der Waals surface area contributed by atoms with Gasteiger partial charge >= 0.3 is 5.69 Å². The Morgan fingerprint density at radius 1 is 0.966 bits per heavy atom. The molecular formula is C22H19N5O2. The van der Waals surface area contributed by atoms with Crippen molar-refractivity contribution in [2.45, 2.75) is 26.6 Å². The molecule has 0 fully saturated rings. The first-order chi connectivity index (χ1) is 14.1. The summed E-state index contributed by atoms with van der Waals surface area (Å²) in [6, 6.07) is 18.7. The van der Waals surface area contributed by atoms with Gasteiger partial charge in [-0.05, 0) is 24.1 Å². The first-order valence-electron chi connectivity index (χ1n) is 9.34. The standard InChI is InChI=1S/C22H19N5O2/c1-2-25-15-24-20-19(25)21(28)27(14-18-11-7-6-10-17(18)12-23)22(29)26(20)13-16-8-4-3-5-9-16/h3-11,15H,2,13-14H2,1H3. The number of nitriles is 1. The molecule has 0 bridgehead atoms. The summed E-state index contributed by atoms with van der Waals surface area (Å²) in [5, 5.41) is 9.37. The molecule has 0 N–H and O–H groups in total. The lowest BCUT2D eigenvalue weighted by Gasteiger charge is -2.13. The van der Waals surface area contributed by atoms with Crippen molar-refractivity contribution in [1.29, 1.82) is 5.26 Å². The maximum absolute atomic E-state index is 13.3. The Labute approximate surface area is 166 Å². The molecule has 7 nitrogen and oxygen atoms in total. The number of aromatic nitrogens is 4. The topological polar surface area (TPSA) is 85.6 Å². The van der Waals surface area contributed by atoms with E-state index in [4.69, 9.17) is 0 Å². The highest BCUT2D eigenvalue weighted by Gasteiger charge is 2.18. The zero-order valence-corrected chi connectivity index (χ0v) is 15.9. The second kappa shape index (κ2) is 7.60. The fraction of sp³-hybridized carbons (Fsp3) is 0.182. The highest BCUT2D eigenvalue weighted by Crippen LogP contribution is 2.12. The molecule has 2 aromatic heterocycles. The Hall–Kier alpha value is -3.92. The molecule has 0 aliphatic carbocycles. The van der Waals surface area contributed by atoms with E-state index in [0.29, 0.717) is 35.4 Å². The Bertz CT molecular complexity index is 1340. The number of rotatable bonds is 5. The van der Waals surface area contributed by atoms with Crippen molar-refractivity contribution in [3.05, 3.63) is 98.5 Å². The zero-order valence-electron chi connectivity index (χ0n) is 15.9. The van der Waals surface area contributed by atoms with Gasteiger partial charge in [-0.25, -0.2) is 9.78 Å². The van der Waals surface area contributed by atoms with Crippen LogP contribution in [0.1, 0.15) is 23.6 Å². The van der Waals surface area contributed by atoms with Crippen LogP contribution in [0.2, 0.25) is 0 Å². The average molecular weight is 385 g/mol. The molecule has 0 amide bonds. The Balaban J connectivity index is 1.96. The molecule has 2 aromatic carbocycles. The van der Waals surface area contributed by atoms with Gasteiger partial charge in [-0.2, -0.15) is 5.26 Å². The first-order valence-corrected chi connectivity index (χ1v) is 9.34. The summed E-state index contributed by atoms with van der Waals surface area (Å²) in [7, 11) is 0. The fourth-order valence-corrected chi connectivity index (χ4v) is 3.46.